The van der Waals surface area contributed by atoms with Gasteiger partial charge >= 0.3 is 5.97 Å². The Bertz CT molecular complexity index is 649. The molecule has 1 aromatic heterocycles. The number of nitrogens with one attached hydrogen (secondary N) is 1. The smallest absolute Gasteiger partial charge is 0.337 e. The molecule has 0 atom stereocenters. The fourth-order valence-corrected chi connectivity index (χ4v) is 1.65. The number of pyridine rings is 1. The number of hydrogen-bond donors (Lipinski definition) is 3. The van der Waals surface area contributed by atoms with Crippen molar-refractivity contribution in [2.45, 2.75) is 0 Å². The zero-order chi connectivity index (χ0) is 14.0. The topological polar surface area (TPSA) is 88.2 Å². The van der Waals surface area contributed by atoms with Crippen LogP contribution in [0.3, 0.4) is 0 Å². The van der Waals surface area contributed by atoms with Crippen molar-refractivity contribution in [3.8, 4) is 0 Å². The summed E-state index contributed by atoms with van der Waals surface area (Å²) in [5, 5.41) is 11.9. The number of aromatic nitrogens is 1. The van der Waals surface area contributed by atoms with Crippen molar-refractivity contribution < 1.29 is 14.3 Å². The Labute approximate surface area is 112 Å². The average Bonchev–Trinajstić information content (AvgIpc) is 2.36. The third-order valence-electron chi connectivity index (χ3n) is 2.40. The average molecular weight is 282 g/mol. The zero-order valence-corrected chi connectivity index (χ0v) is 10.3. The number of rotatable bonds is 3. The minimum atomic E-state index is -1.19. The van der Waals surface area contributed by atoms with E-state index in [-0.39, 0.29) is 22.8 Å². The lowest BCUT2D eigenvalue weighted by Gasteiger charge is -2.10. The van der Waals surface area contributed by atoms with Crippen LogP contribution in [0.15, 0.2) is 30.5 Å². The van der Waals surface area contributed by atoms with Gasteiger partial charge in [0.05, 0.1) is 16.9 Å². The highest BCUT2D eigenvalue weighted by Crippen LogP contribution is 2.27. The minimum Gasteiger partial charge on any atom is -0.478 e. The second kappa shape index (κ2) is 5.11. The van der Waals surface area contributed by atoms with Gasteiger partial charge in [0, 0.05) is 11.2 Å². The molecule has 2 aromatic rings. The fraction of sp³-hybridized carbons (Fsp3) is 0. The van der Waals surface area contributed by atoms with E-state index in [0.29, 0.717) is 5.02 Å². The maximum Gasteiger partial charge on any atom is 0.337 e. The molecule has 2 rings (SSSR count). The molecule has 0 spiro atoms. The van der Waals surface area contributed by atoms with Gasteiger partial charge in [0.15, 0.2) is 5.82 Å². The van der Waals surface area contributed by atoms with Crippen LogP contribution in [0.1, 0.15) is 10.4 Å². The quantitative estimate of drug-likeness (QED) is 0.805. The molecule has 0 unspecified atom stereocenters. The molecule has 1 heterocycles. The molecular weight excluding hydrogens is 273 g/mol. The van der Waals surface area contributed by atoms with Gasteiger partial charge in [0.1, 0.15) is 5.82 Å². The van der Waals surface area contributed by atoms with Gasteiger partial charge in [-0.1, -0.05) is 11.6 Å². The summed E-state index contributed by atoms with van der Waals surface area (Å²) < 4.78 is 13.5. The lowest BCUT2D eigenvalue weighted by Crippen LogP contribution is -2.07. The van der Waals surface area contributed by atoms with Gasteiger partial charge in [-0.05, 0) is 24.3 Å². The molecule has 4 N–H and O–H groups in total. The number of hydrogen-bond acceptors (Lipinski definition) is 4. The van der Waals surface area contributed by atoms with Crippen molar-refractivity contribution in [1.82, 2.24) is 4.98 Å². The van der Waals surface area contributed by atoms with Gasteiger partial charge in [-0.25, -0.2) is 14.2 Å². The van der Waals surface area contributed by atoms with Crippen LogP contribution in [0, 0.1) is 5.82 Å². The highest BCUT2D eigenvalue weighted by Gasteiger charge is 2.13. The lowest BCUT2D eigenvalue weighted by molar-refractivity contribution is 0.0698. The van der Waals surface area contributed by atoms with Crippen molar-refractivity contribution in [2.24, 2.45) is 0 Å². The predicted octanol–water partition coefficient (Wildman–Crippen LogP) is 2.90. The summed E-state index contributed by atoms with van der Waals surface area (Å²) in [6.45, 7) is 0. The Morgan fingerprint density at radius 3 is 2.84 bits per heavy atom. The van der Waals surface area contributed by atoms with E-state index < -0.39 is 11.8 Å². The highest BCUT2D eigenvalue weighted by molar-refractivity contribution is 6.30. The van der Waals surface area contributed by atoms with Crippen LogP contribution in [-0.2, 0) is 0 Å². The number of nitrogen functional groups attached to an aromatic ring is 1. The summed E-state index contributed by atoms with van der Waals surface area (Å²) in [5.41, 5.74) is 5.54. The number of anilines is 3. The standard InChI is InChI=1S/C12H9ClFN3O2/c13-6-1-2-8(14)9(5-6)17-11-10(15)7(12(18)19)3-4-16-11/h1-5H,15H2,(H,16,17)(H,18,19). The van der Waals surface area contributed by atoms with Crippen LogP contribution in [-0.4, -0.2) is 16.1 Å². The number of aromatic carboxylic acids is 1. The minimum absolute atomic E-state index is 0.0565. The van der Waals surface area contributed by atoms with E-state index >= 15 is 0 Å². The fourth-order valence-electron chi connectivity index (χ4n) is 1.48. The summed E-state index contributed by atoms with van der Waals surface area (Å²) in [6, 6.07) is 5.19. The number of benzene rings is 1. The van der Waals surface area contributed by atoms with Gasteiger partial charge in [-0.2, -0.15) is 0 Å². The summed E-state index contributed by atoms with van der Waals surface area (Å²) in [6.07, 6.45) is 1.27. The van der Waals surface area contributed by atoms with Crippen molar-refractivity contribution in [3.05, 3.63) is 46.9 Å². The lowest BCUT2D eigenvalue weighted by atomic mass is 10.2. The van der Waals surface area contributed by atoms with Crippen LogP contribution >= 0.6 is 11.6 Å². The van der Waals surface area contributed by atoms with E-state index in [2.05, 4.69) is 10.3 Å². The van der Waals surface area contributed by atoms with Gasteiger partial charge in [-0.15, -0.1) is 0 Å². The normalized spacial score (nSPS) is 10.2. The molecule has 7 heteroatoms. The number of nitrogens with zero attached hydrogens (tertiary/aromatic N) is 1. The van der Waals surface area contributed by atoms with E-state index in [1.54, 1.807) is 0 Å². The molecule has 0 saturated carbocycles. The van der Waals surface area contributed by atoms with Crippen molar-refractivity contribution in [2.75, 3.05) is 11.1 Å². The van der Waals surface area contributed by atoms with Crippen LogP contribution in [0.25, 0.3) is 0 Å². The molecule has 0 aliphatic heterocycles. The molecule has 1 aromatic carbocycles. The van der Waals surface area contributed by atoms with E-state index in [9.17, 15) is 9.18 Å². The summed E-state index contributed by atoms with van der Waals surface area (Å²) in [5.74, 6) is -1.68. The maximum atomic E-state index is 13.5. The molecule has 0 saturated heterocycles. The SMILES string of the molecule is Nc1c(C(=O)O)ccnc1Nc1cc(Cl)ccc1F. The van der Waals surface area contributed by atoms with Gasteiger partial charge in [0.25, 0.3) is 0 Å². The molecular formula is C12H9ClFN3O2. The highest BCUT2D eigenvalue weighted by atomic mass is 35.5. The van der Waals surface area contributed by atoms with Crippen molar-refractivity contribution in [1.29, 1.82) is 0 Å². The summed E-state index contributed by atoms with van der Waals surface area (Å²) in [7, 11) is 0. The Hall–Kier alpha value is -2.34. The Kier molecular flexibility index (Phi) is 3.52. The molecule has 0 aliphatic carbocycles. The van der Waals surface area contributed by atoms with E-state index in [1.807, 2.05) is 0 Å². The predicted molar refractivity (Wildman–Crippen MR) is 70.3 cm³/mol. The van der Waals surface area contributed by atoms with Crippen LogP contribution in [0.4, 0.5) is 21.6 Å². The zero-order valence-electron chi connectivity index (χ0n) is 9.52. The third kappa shape index (κ3) is 2.74. The number of carboxylic acids is 1. The van der Waals surface area contributed by atoms with E-state index in [0.717, 1.165) is 0 Å². The van der Waals surface area contributed by atoms with Gasteiger partial charge < -0.3 is 16.2 Å². The van der Waals surface area contributed by atoms with Crippen LogP contribution in [0.2, 0.25) is 5.02 Å². The number of carbonyl (C=O) groups is 1. The second-order valence-corrected chi connectivity index (χ2v) is 4.11. The van der Waals surface area contributed by atoms with E-state index in [4.69, 9.17) is 22.4 Å². The largest absolute Gasteiger partial charge is 0.478 e. The molecule has 0 bridgehead atoms. The van der Waals surface area contributed by atoms with Gasteiger partial charge in [0.2, 0.25) is 0 Å². The Morgan fingerprint density at radius 2 is 2.16 bits per heavy atom. The maximum absolute atomic E-state index is 13.5. The molecule has 19 heavy (non-hydrogen) atoms. The van der Waals surface area contributed by atoms with E-state index in [1.165, 1.54) is 30.5 Å². The molecule has 0 radical (unpaired) electrons. The third-order valence-corrected chi connectivity index (χ3v) is 2.64. The molecule has 98 valence electrons. The number of nitrogens with two attached hydrogens (primary N) is 1. The first kappa shape index (κ1) is 13.1. The molecule has 0 fully saturated rings. The van der Waals surface area contributed by atoms with Crippen molar-refractivity contribution in [3.63, 3.8) is 0 Å². The first-order chi connectivity index (χ1) is 8.99. The first-order valence-electron chi connectivity index (χ1n) is 5.19. The molecule has 5 nitrogen and oxygen atoms in total. The Balaban J connectivity index is 2.41. The molecule has 0 amide bonds. The second-order valence-electron chi connectivity index (χ2n) is 3.68. The first-order valence-corrected chi connectivity index (χ1v) is 5.56. The van der Waals surface area contributed by atoms with Crippen LogP contribution < -0.4 is 11.1 Å². The van der Waals surface area contributed by atoms with Crippen LogP contribution in [0.5, 0.6) is 0 Å². The monoisotopic (exact) mass is 281 g/mol. The number of halogens is 2. The summed E-state index contributed by atoms with van der Waals surface area (Å²) in [4.78, 5) is 14.8. The van der Waals surface area contributed by atoms with Gasteiger partial charge in [-0.3, -0.25) is 0 Å². The number of carboxylic acid groups (broad SMARTS) is 1. The van der Waals surface area contributed by atoms with Crippen molar-refractivity contribution >= 4 is 34.8 Å². The Morgan fingerprint density at radius 1 is 1.42 bits per heavy atom. The molecule has 0 aliphatic rings. The summed E-state index contributed by atoms with van der Waals surface area (Å²) >= 11 is 5.75.